The molecular formula is C23H21FN4O2S. The SMILES string of the molecule is CCc1ccccc1NC(=O)CNC(=O)c1cc2c(C)nn(-c3ccc(F)cc3)c2s1. The van der Waals surface area contributed by atoms with Crippen molar-refractivity contribution in [2.45, 2.75) is 20.3 Å². The number of amides is 2. The lowest BCUT2D eigenvalue weighted by atomic mass is 10.1. The lowest BCUT2D eigenvalue weighted by Gasteiger charge is -2.10. The van der Waals surface area contributed by atoms with Gasteiger partial charge >= 0.3 is 0 Å². The average Bonchev–Trinajstić information content (AvgIpc) is 3.34. The highest BCUT2D eigenvalue weighted by molar-refractivity contribution is 7.20. The summed E-state index contributed by atoms with van der Waals surface area (Å²) in [7, 11) is 0. The molecule has 2 aromatic heterocycles. The van der Waals surface area contributed by atoms with Crippen LogP contribution in [0.15, 0.2) is 54.6 Å². The van der Waals surface area contributed by atoms with Gasteiger partial charge in [-0.15, -0.1) is 11.3 Å². The maximum Gasteiger partial charge on any atom is 0.261 e. The predicted molar refractivity (Wildman–Crippen MR) is 120 cm³/mol. The van der Waals surface area contributed by atoms with Crippen LogP contribution in [-0.4, -0.2) is 28.1 Å². The topological polar surface area (TPSA) is 76.0 Å². The Kier molecular flexibility index (Phi) is 5.81. The van der Waals surface area contributed by atoms with E-state index in [0.29, 0.717) is 10.6 Å². The first-order valence-corrected chi connectivity index (χ1v) is 10.7. The number of benzene rings is 2. The third-order valence-electron chi connectivity index (χ3n) is 4.92. The Morgan fingerprint density at radius 3 is 2.61 bits per heavy atom. The van der Waals surface area contributed by atoms with E-state index in [-0.39, 0.29) is 24.2 Å². The van der Waals surface area contributed by atoms with Crippen LogP contribution in [0.1, 0.15) is 27.9 Å². The number of nitrogens with zero attached hydrogens (tertiary/aromatic N) is 2. The molecule has 0 saturated carbocycles. The second kappa shape index (κ2) is 8.69. The van der Waals surface area contributed by atoms with Crippen molar-refractivity contribution in [3.8, 4) is 5.69 Å². The van der Waals surface area contributed by atoms with Gasteiger partial charge in [0.2, 0.25) is 5.91 Å². The number of carbonyl (C=O) groups is 2. The van der Waals surface area contributed by atoms with Crippen molar-refractivity contribution in [1.82, 2.24) is 15.1 Å². The molecule has 6 nitrogen and oxygen atoms in total. The van der Waals surface area contributed by atoms with Crippen LogP contribution in [0.5, 0.6) is 0 Å². The normalized spacial score (nSPS) is 10.9. The fourth-order valence-electron chi connectivity index (χ4n) is 3.31. The highest BCUT2D eigenvalue weighted by Crippen LogP contribution is 2.30. The van der Waals surface area contributed by atoms with Crippen molar-refractivity contribution in [2.24, 2.45) is 0 Å². The summed E-state index contributed by atoms with van der Waals surface area (Å²) in [5.41, 5.74) is 3.26. The monoisotopic (exact) mass is 436 g/mol. The van der Waals surface area contributed by atoms with Gasteiger partial charge in [-0.2, -0.15) is 5.10 Å². The lowest BCUT2D eigenvalue weighted by Crippen LogP contribution is -2.32. The molecule has 0 spiro atoms. The molecule has 0 bridgehead atoms. The summed E-state index contributed by atoms with van der Waals surface area (Å²) in [4.78, 5) is 26.2. The summed E-state index contributed by atoms with van der Waals surface area (Å²) in [5.74, 6) is -0.941. The molecule has 2 amide bonds. The van der Waals surface area contributed by atoms with Gasteiger partial charge < -0.3 is 10.6 Å². The molecule has 0 radical (unpaired) electrons. The number of para-hydroxylation sites is 1. The van der Waals surface area contributed by atoms with E-state index in [4.69, 9.17) is 0 Å². The first-order chi connectivity index (χ1) is 15.0. The molecule has 2 aromatic carbocycles. The van der Waals surface area contributed by atoms with Gasteiger partial charge in [-0.25, -0.2) is 9.07 Å². The Morgan fingerprint density at radius 1 is 1.13 bits per heavy atom. The molecule has 0 aliphatic heterocycles. The maximum atomic E-state index is 13.2. The molecule has 0 aliphatic carbocycles. The van der Waals surface area contributed by atoms with E-state index in [2.05, 4.69) is 15.7 Å². The number of halogens is 1. The van der Waals surface area contributed by atoms with Crippen LogP contribution in [0.4, 0.5) is 10.1 Å². The number of aryl methyl sites for hydroxylation is 2. The van der Waals surface area contributed by atoms with Crippen molar-refractivity contribution in [3.05, 3.63) is 76.5 Å². The molecule has 0 aliphatic rings. The number of nitrogens with one attached hydrogen (secondary N) is 2. The Morgan fingerprint density at radius 2 is 1.87 bits per heavy atom. The van der Waals surface area contributed by atoms with E-state index in [9.17, 15) is 14.0 Å². The third kappa shape index (κ3) is 4.34. The van der Waals surface area contributed by atoms with E-state index >= 15 is 0 Å². The number of hydrogen-bond donors (Lipinski definition) is 2. The van der Waals surface area contributed by atoms with Crippen molar-refractivity contribution in [2.75, 3.05) is 11.9 Å². The van der Waals surface area contributed by atoms with Crippen LogP contribution >= 0.6 is 11.3 Å². The van der Waals surface area contributed by atoms with Gasteiger partial charge in [0.1, 0.15) is 10.6 Å². The van der Waals surface area contributed by atoms with E-state index < -0.39 is 0 Å². The van der Waals surface area contributed by atoms with Crippen molar-refractivity contribution < 1.29 is 14.0 Å². The molecule has 31 heavy (non-hydrogen) atoms. The van der Waals surface area contributed by atoms with Gasteiger partial charge in [0.15, 0.2) is 0 Å². The van der Waals surface area contributed by atoms with Gasteiger partial charge in [0, 0.05) is 11.1 Å². The Bertz CT molecular complexity index is 1260. The number of rotatable bonds is 6. The van der Waals surface area contributed by atoms with Crippen molar-refractivity contribution in [3.63, 3.8) is 0 Å². The predicted octanol–water partition coefficient (Wildman–Crippen LogP) is 4.47. The Labute approximate surface area is 182 Å². The lowest BCUT2D eigenvalue weighted by molar-refractivity contribution is -0.115. The summed E-state index contributed by atoms with van der Waals surface area (Å²) in [6.07, 6.45) is 0.801. The summed E-state index contributed by atoms with van der Waals surface area (Å²) in [6.45, 7) is 3.74. The molecule has 0 atom stereocenters. The van der Waals surface area contributed by atoms with Crippen LogP contribution < -0.4 is 10.6 Å². The molecule has 0 unspecified atom stereocenters. The minimum absolute atomic E-state index is 0.131. The Balaban J connectivity index is 1.47. The molecule has 8 heteroatoms. The summed E-state index contributed by atoms with van der Waals surface area (Å²) >= 11 is 1.28. The van der Waals surface area contributed by atoms with Crippen LogP contribution in [0.25, 0.3) is 15.9 Å². The van der Waals surface area contributed by atoms with Crippen LogP contribution in [0.2, 0.25) is 0 Å². The fraction of sp³-hybridized carbons (Fsp3) is 0.174. The molecule has 0 saturated heterocycles. The fourth-order valence-corrected chi connectivity index (χ4v) is 4.41. The van der Waals surface area contributed by atoms with Gasteiger partial charge in [0.05, 0.1) is 22.8 Å². The molecule has 158 valence electrons. The standard InChI is InChI=1S/C23H21FN4O2S/c1-3-15-6-4-5-7-19(15)26-21(29)13-25-22(30)20-12-18-14(2)27-28(23(18)31-20)17-10-8-16(24)9-11-17/h4-12H,3,13H2,1-2H3,(H,25,30)(H,26,29). The summed E-state index contributed by atoms with van der Waals surface area (Å²) in [5, 5.41) is 10.9. The molecular weight excluding hydrogens is 415 g/mol. The zero-order valence-corrected chi connectivity index (χ0v) is 17.9. The molecule has 2 N–H and O–H groups in total. The second-order valence-corrected chi connectivity index (χ2v) is 8.08. The van der Waals surface area contributed by atoms with Gasteiger partial charge in [-0.05, 0) is 55.3 Å². The van der Waals surface area contributed by atoms with Gasteiger partial charge in [-0.3, -0.25) is 9.59 Å². The van der Waals surface area contributed by atoms with Gasteiger partial charge in [-0.1, -0.05) is 25.1 Å². The van der Waals surface area contributed by atoms with Crippen LogP contribution in [-0.2, 0) is 11.2 Å². The molecule has 4 rings (SSSR count). The third-order valence-corrected chi connectivity index (χ3v) is 6.03. The number of aromatic nitrogens is 2. The van der Waals surface area contributed by atoms with Crippen LogP contribution in [0.3, 0.4) is 0 Å². The number of thiophene rings is 1. The van der Waals surface area contributed by atoms with E-state index in [0.717, 1.165) is 33.6 Å². The second-order valence-electron chi connectivity index (χ2n) is 7.04. The maximum absolute atomic E-state index is 13.2. The van der Waals surface area contributed by atoms with E-state index in [1.54, 1.807) is 22.9 Å². The smallest absolute Gasteiger partial charge is 0.261 e. The number of fused-ring (bicyclic) bond motifs is 1. The zero-order chi connectivity index (χ0) is 22.0. The van der Waals surface area contributed by atoms with Crippen molar-refractivity contribution in [1.29, 1.82) is 0 Å². The zero-order valence-electron chi connectivity index (χ0n) is 17.1. The van der Waals surface area contributed by atoms with Crippen LogP contribution in [0, 0.1) is 12.7 Å². The molecule has 0 fully saturated rings. The Hall–Kier alpha value is -3.52. The van der Waals surface area contributed by atoms with E-state index in [1.807, 2.05) is 38.1 Å². The molecule has 4 aromatic rings. The minimum atomic E-state index is -0.329. The highest BCUT2D eigenvalue weighted by Gasteiger charge is 2.18. The number of anilines is 1. The first-order valence-electron chi connectivity index (χ1n) is 9.87. The number of carbonyl (C=O) groups excluding carboxylic acids is 2. The summed E-state index contributed by atoms with van der Waals surface area (Å²) < 4.78 is 14.9. The summed E-state index contributed by atoms with van der Waals surface area (Å²) in [6, 6.07) is 15.4. The first kappa shape index (κ1) is 20.7. The largest absolute Gasteiger partial charge is 0.342 e. The highest BCUT2D eigenvalue weighted by atomic mass is 32.1. The van der Waals surface area contributed by atoms with Gasteiger partial charge in [0.25, 0.3) is 5.91 Å². The van der Waals surface area contributed by atoms with E-state index in [1.165, 1.54) is 23.5 Å². The number of hydrogen-bond acceptors (Lipinski definition) is 4. The molecule has 2 heterocycles. The van der Waals surface area contributed by atoms with Crippen molar-refractivity contribution >= 4 is 39.1 Å². The quantitative estimate of drug-likeness (QED) is 0.468. The minimum Gasteiger partial charge on any atom is -0.342 e. The average molecular weight is 437 g/mol.